The van der Waals surface area contributed by atoms with Crippen molar-refractivity contribution in [3.05, 3.63) is 94.2 Å². The molecule has 4 aliphatic carbocycles. The molecule has 0 fully saturated rings. The molecule has 10 N–H and O–H groups in total. The van der Waals surface area contributed by atoms with E-state index in [9.17, 15) is 0 Å². The zero-order chi connectivity index (χ0) is 27.6. The van der Waals surface area contributed by atoms with Gasteiger partial charge in [-0.15, -0.1) is 0 Å². The standard InChI is InChI=1S/2C9H8O.4C2H6O2/c2*10-6-8-5-4-7-2-1-3-9(7)8;4*3-1-2-4/h2*1-5,10H,6H2;4*3-4H,1-2H2. The van der Waals surface area contributed by atoms with E-state index in [1.807, 2.05) is 48.6 Å². The van der Waals surface area contributed by atoms with Crippen LogP contribution in [0.5, 0.6) is 0 Å². The van der Waals surface area contributed by atoms with Crippen LogP contribution in [-0.4, -0.2) is 117 Å². The van der Waals surface area contributed by atoms with Crippen molar-refractivity contribution in [2.24, 2.45) is 0 Å². The van der Waals surface area contributed by atoms with E-state index in [-0.39, 0.29) is 66.1 Å². The van der Waals surface area contributed by atoms with Gasteiger partial charge in [0.05, 0.1) is 66.1 Å². The lowest BCUT2D eigenvalue weighted by atomic mass is 10.1. The van der Waals surface area contributed by atoms with Crippen molar-refractivity contribution in [1.29, 1.82) is 0 Å². The molecule has 204 valence electrons. The number of fused-ring (bicyclic) bond motifs is 2. The zero-order valence-electron chi connectivity index (χ0n) is 20.3. The van der Waals surface area contributed by atoms with E-state index in [1.165, 1.54) is 22.3 Å². The molecule has 10 nitrogen and oxygen atoms in total. The van der Waals surface area contributed by atoms with Crippen molar-refractivity contribution in [2.75, 3.05) is 66.1 Å². The highest BCUT2D eigenvalue weighted by atomic mass is 16.3. The third-order valence-electron chi connectivity index (χ3n) is 4.06. The molecule has 36 heavy (non-hydrogen) atoms. The molecule has 10 heteroatoms. The number of hydrogen-bond donors (Lipinski definition) is 10. The minimum absolute atomic E-state index is 0.125. The van der Waals surface area contributed by atoms with Crippen molar-refractivity contribution < 1.29 is 51.1 Å². The van der Waals surface area contributed by atoms with Crippen LogP contribution in [0, 0.1) is 0 Å². The normalized spacial score (nSPS) is 14.6. The van der Waals surface area contributed by atoms with E-state index >= 15 is 0 Å². The first-order valence-corrected chi connectivity index (χ1v) is 11.2. The molecule has 0 aromatic carbocycles. The van der Waals surface area contributed by atoms with Gasteiger partial charge in [0.25, 0.3) is 0 Å². The fourth-order valence-electron chi connectivity index (χ4n) is 2.58. The molecule has 0 radical (unpaired) electrons. The van der Waals surface area contributed by atoms with Crippen LogP contribution in [0.2, 0.25) is 0 Å². The van der Waals surface area contributed by atoms with Crippen LogP contribution < -0.4 is 0 Å². The predicted octanol–water partition coefficient (Wildman–Crippen LogP) is -1.43. The molecular weight excluding hydrogens is 472 g/mol. The third kappa shape index (κ3) is 15.5. The lowest BCUT2D eigenvalue weighted by Gasteiger charge is -1.98. The predicted molar refractivity (Wildman–Crippen MR) is 138 cm³/mol. The lowest BCUT2D eigenvalue weighted by Crippen LogP contribution is -1.89. The van der Waals surface area contributed by atoms with E-state index in [2.05, 4.69) is 12.2 Å². The summed E-state index contributed by atoms with van der Waals surface area (Å²) in [7, 11) is 0. The van der Waals surface area contributed by atoms with Crippen molar-refractivity contribution in [3.63, 3.8) is 0 Å². The van der Waals surface area contributed by atoms with Crippen LogP contribution in [-0.2, 0) is 0 Å². The molecule has 4 aliphatic rings. The molecule has 0 aromatic rings. The largest absolute Gasteiger partial charge is 0.394 e. The quantitative estimate of drug-likeness (QED) is 0.201. The van der Waals surface area contributed by atoms with Gasteiger partial charge in [-0.25, -0.2) is 0 Å². The molecule has 0 amide bonds. The second-order valence-corrected chi connectivity index (χ2v) is 6.61. The maximum absolute atomic E-state index is 8.84. The van der Waals surface area contributed by atoms with Crippen LogP contribution >= 0.6 is 0 Å². The summed E-state index contributed by atoms with van der Waals surface area (Å²) in [5, 5.41) is 78.7. The summed E-state index contributed by atoms with van der Waals surface area (Å²) in [4.78, 5) is 0. The van der Waals surface area contributed by atoms with Crippen LogP contribution in [0.1, 0.15) is 0 Å². The van der Waals surface area contributed by atoms with Crippen molar-refractivity contribution >= 4 is 0 Å². The fourth-order valence-corrected chi connectivity index (χ4v) is 2.58. The Morgan fingerprint density at radius 2 is 0.639 bits per heavy atom. The molecule has 0 aliphatic heterocycles. The Hall–Kier alpha value is -2.48. The van der Waals surface area contributed by atoms with Gasteiger partial charge in [-0.1, -0.05) is 60.8 Å². The van der Waals surface area contributed by atoms with Crippen molar-refractivity contribution in [2.45, 2.75) is 0 Å². The van der Waals surface area contributed by atoms with Gasteiger partial charge in [-0.2, -0.15) is 0 Å². The Bertz CT molecular complexity index is 731. The van der Waals surface area contributed by atoms with Gasteiger partial charge in [0.1, 0.15) is 0 Å². The average Bonchev–Trinajstić information content (AvgIpc) is 3.72. The van der Waals surface area contributed by atoms with Crippen LogP contribution in [0.3, 0.4) is 0 Å². The highest BCUT2D eigenvalue weighted by Crippen LogP contribution is 2.30. The monoisotopic (exact) mass is 512 g/mol. The summed E-state index contributed by atoms with van der Waals surface area (Å²) >= 11 is 0. The molecular formula is C26H40O10. The van der Waals surface area contributed by atoms with E-state index < -0.39 is 0 Å². The second-order valence-electron chi connectivity index (χ2n) is 6.61. The number of rotatable bonds is 6. The Labute approximate surface area is 211 Å². The first kappa shape index (κ1) is 35.7. The van der Waals surface area contributed by atoms with Crippen molar-refractivity contribution in [1.82, 2.24) is 0 Å². The molecule has 0 spiro atoms. The molecule has 0 saturated heterocycles. The minimum Gasteiger partial charge on any atom is -0.394 e. The summed E-state index contributed by atoms with van der Waals surface area (Å²) in [6.07, 6.45) is 20.1. The Morgan fingerprint density at radius 1 is 0.361 bits per heavy atom. The van der Waals surface area contributed by atoms with E-state index in [4.69, 9.17) is 51.1 Å². The van der Waals surface area contributed by atoms with Crippen LogP contribution in [0.4, 0.5) is 0 Å². The SMILES string of the molecule is OCC1=CC=C2C=CC=C21.OCC1=CC=C2C=CC=C21.OCCO.OCCO.OCCO.OCCO. The van der Waals surface area contributed by atoms with E-state index in [0.717, 1.165) is 11.1 Å². The number of aliphatic hydroxyl groups is 10. The fraction of sp³-hybridized carbons (Fsp3) is 0.385. The number of hydrogen-bond acceptors (Lipinski definition) is 10. The van der Waals surface area contributed by atoms with Gasteiger partial charge in [-0.05, 0) is 33.4 Å². The van der Waals surface area contributed by atoms with Crippen LogP contribution in [0.15, 0.2) is 94.2 Å². The van der Waals surface area contributed by atoms with E-state index in [0.29, 0.717) is 0 Å². The first-order valence-electron chi connectivity index (χ1n) is 11.2. The maximum Gasteiger partial charge on any atom is 0.0687 e. The number of aliphatic hydroxyl groups excluding tert-OH is 10. The molecule has 0 unspecified atom stereocenters. The average molecular weight is 513 g/mol. The summed E-state index contributed by atoms with van der Waals surface area (Å²) < 4.78 is 0. The van der Waals surface area contributed by atoms with Gasteiger partial charge in [0.2, 0.25) is 0 Å². The van der Waals surface area contributed by atoms with Crippen molar-refractivity contribution in [3.8, 4) is 0 Å². The zero-order valence-corrected chi connectivity index (χ0v) is 20.3. The third-order valence-corrected chi connectivity index (χ3v) is 4.06. The van der Waals surface area contributed by atoms with Gasteiger partial charge in [0, 0.05) is 0 Å². The summed E-state index contributed by atoms with van der Waals surface area (Å²) in [6, 6.07) is 0. The minimum atomic E-state index is -0.125. The smallest absolute Gasteiger partial charge is 0.0687 e. The highest BCUT2D eigenvalue weighted by Gasteiger charge is 2.14. The Balaban J connectivity index is 0. The van der Waals surface area contributed by atoms with Crippen LogP contribution in [0.25, 0.3) is 0 Å². The molecule has 0 atom stereocenters. The molecule has 0 bridgehead atoms. The molecule has 4 rings (SSSR count). The maximum atomic E-state index is 8.84. The molecule has 0 heterocycles. The highest BCUT2D eigenvalue weighted by molar-refractivity contribution is 5.65. The van der Waals surface area contributed by atoms with Gasteiger partial charge < -0.3 is 51.1 Å². The summed E-state index contributed by atoms with van der Waals surface area (Å²) in [5.74, 6) is 0. The lowest BCUT2D eigenvalue weighted by molar-refractivity contribution is 0.186. The molecule has 0 saturated carbocycles. The topological polar surface area (TPSA) is 202 Å². The second kappa shape index (κ2) is 25.6. The molecule has 0 aromatic heterocycles. The van der Waals surface area contributed by atoms with Gasteiger partial charge in [0.15, 0.2) is 0 Å². The Kier molecular flexibility index (Phi) is 25.4. The summed E-state index contributed by atoms with van der Waals surface area (Å²) in [5.41, 5.74) is 6.87. The number of allylic oxidation sites excluding steroid dienone is 12. The van der Waals surface area contributed by atoms with Gasteiger partial charge >= 0.3 is 0 Å². The van der Waals surface area contributed by atoms with E-state index in [1.54, 1.807) is 0 Å². The Morgan fingerprint density at radius 3 is 0.861 bits per heavy atom. The van der Waals surface area contributed by atoms with Gasteiger partial charge in [-0.3, -0.25) is 0 Å². The first-order chi connectivity index (χ1) is 17.5. The summed E-state index contributed by atoms with van der Waals surface area (Å²) in [6.45, 7) is -0.707.